The highest BCUT2D eigenvalue weighted by Gasteiger charge is 2.28. The summed E-state index contributed by atoms with van der Waals surface area (Å²) in [6.07, 6.45) is 1.83. The highest BCUT2D eigenvalue weighted by Crippen LogP contribution is 2.31. The first-order valence-corrected chi connectivity index (χ1v) is 14.2. The van der Waals surface area contributed by atoms with Crippen LogP contribution < -0.4 is 9.62 Å². The van der Waals surface area contributed by atoms with Gasteiger partial charge in [-0.1, -0.05) is 48.3 Å². The summed E-state index contributed by atoms with van der Waals surface area (Å²) in [5.41, 5.74) is 0.487. The zero-order valence-electron chi connectivity index (χ0n) is 20.8. The third-order valence-electron chi connectivity index (χ3n) is 5.80. The molecule has 2 aromatic carbocycles. The van der Waals surface area contributed by atoms with Crippen LogP contribution in [0.5, 0.6) is 0 Å². The van der Waals surface area contributed by atoms with Gasteiger partial charge in [-0.15, -0.1) is 0 Å². The van der Waals surface area contributed by atoms with E-state index in [1.807, 2.05) is 13.8 Å². The Kier molecular flexibility index (Phi) is 11.0. The Morgan fingerprint density at radius 1 is 1.11 bits per heavy atom. The molecule has 36 heavy (non-hydrogen) atoms. The molecule has 0 aliphatic heterocycles. The molecule has 0 unspecified atom stereocenters. The van der Waals surface area contributed by atoms with Gasteiger partial charge in [0.05, 0.1) is 17.0 Å². The summed E-state index contributed by atoms with van der Waals surface area (Å²) in [7, 11) is -3.72. The molecule has 0 aliphatic rings. The lowest BCUT2D eigenvalue weighted by atomic mass is 10.1. The van der Waals surface area contributed by atoms with E-state index >= 15 is 0 Å². The van der Waals surface area contributed by atoms with Gasteiger partial charge in [-0.3, -0.25) is 13.9 Å². The molecule has 0 saturated carbocycles. The van der Waals surface area contributed by atoms with Crippen molar-refractivity contribution in [2.45, 2.75) is 58.7 Å². The molecule has 2 amide bonds. The molecule has 0 saturated heterocycles. The number of nitrogens with one attached hydrogen (secondary N) is 1. The van der Waals surface area contributed by atoms with Gasteiger partial charge < -0.3 is 10.2 Å². The first-order chi connectivity index (χ1) is 16.8. The molecule has 0 spiro atoms. The molecular formula is C25H32Cl2FN3O4S. The van der Waals surface area contributed by atoms with Crippen LogP contribution in [0.1, 0.15) is 45.6 Å². The van der Waals surface area contributed by atoms with Crippen molar-refractivity contribution < 1.29 is 22.4 Å². The number of hydrogen-bond donors (Lipinski definition) is 1. The van der Waals surface area contributed by atoms with Gasteiger partial charge in [0.2, 0.25) is 21.8 Å². The van der Waals surface area contributed by atoms with E-state index in [1.54, 1.807) is 31.2 Å². The maximum Gasteiger partial charge on any atom is 0.242 e. The maximum atomic E-state index is 14.4. The van der Waals surface area contributed by atoms with Crippen LogP contribution in [0.2, 0.25) is 10.0 Å². The van der Waals surface area contributed by atoms with E-state index in [0.717, 1.165) is 10.6 Å². The topological polar surface area (TPSA) is 86.8 Å². The second kappa shape index (κ2) is 13.3. The molecule has 198 valence electrons. The first-order valence-electron chi connectivity index (χ1n) is 11.6. The Balaban J connectivity index is 2.22. The van der Waals surface area contributed by atoms with E-state index in [4.69, 9.17) is 23.2 Å². The minimum atomic E-state index is -3.72. The molecule has 2 aromatic rings. The van der Waals surface area contributed by atoms with Crippen LogP contribution in [0, 0.1) is 5.82 Å². The summed E-state index contributed by atoms with van der Waals surface area (Å²) >= 11 is 12.2. The van der Waals surface area contributed by atoms with Crippen LogP contribution >= 0.6 is 23.2 Å². The van der Waals surface area contributed by atoms with Crippen molar-refractivity contribution >= 4 is 50.7 Å². The van der Waals surface area contributed by atoms with Gasteiger partial charge in [0.15, 0.2) is 0 Å². The Labute approximate surface area is 222 Å². The van der Waals surface area contributed by atoms with Crippen LogP contribution in [-0.2, 0) is 26.2 Å². The van der Waals surface area contributed by atoms with E-state index in [-0.39, 0.29) is 54.2 Å². The monoisotopic (exact) mass is 559 g/mol. The second-order valence-electron chi connectivity index (χ2n) is 8.64. The Morgan fingerprint density at radius 2 is 1.78 bits per heavy atom. The van der Waals surface area contributed by atoms with Gasteiger partial charge in [0, 0.05) is 36.1 Å². The summed E-state index contributed by atoms with van der Waals surface area (Å²) in [4.78, 5) is 27.4. The summed E-state index contributed by atoms with van der Waals surface area (Å²) < 4.78 is 40.3. The number of nitrogens with zero attached hydrogens (tertiary/aromatic N) is 2. The summed E-state index contributed by atoms with van der Waals surface area (Å²) in [5.74, 6) is -1.24. The number of benzene rings is 2. The molecule has 2 atom stereocenters. The average Bonchev–Trinajstić information content (AvgIpc) is 2.81. The zero-order chi connectivity index (χ0) is 27.0. The van der Waals surface area contributed by atoms with E-state index in [9.17, 15) is 22.4 Å². The minimum Gasteiger partial charge on any atom is -0.352 e. The van der Waals surface area contributed by atoms with Crippen LogP contribution in [-0.4, -0.2) is 50.0 Å². The SMILES string of the molecule is CC[C@@H](C)NC(=O)[C@@H](C)N(Cc1ccccc1F)C(=O)CCCN(c1cc(Cl)ccc1Cl)S(C)(=O)=O. The normalized spacial score (nSPS) is 13.1. The van der Waals surface area contributed by atoms with E-state index in [1.165, 1.54) is 23.1 Å². The Bertz CT molecular complexity index is 1180. The van der Waals surface area contributed by atoms with Crippen molar-refractivity contribution in [2.75, 3.05) is 17.1 Å². The number of anilines is 1. The molecule has 11 heteroatoms. The molecule has 0 heterocycles. The molecular weight excluding hydrogens is 528 g/mol. The number of carbonyl (C=O) groups is 2. The van der Waals surface area contributed by atoms with Crippen LogP contribution in [0.3, 0.4) is 0 Å². The fraction of sp³-hybridized carbons (Fsp3) is 0.440. The fourth-order valence-corrected chi connectivity index (χ4v) is 4.92. The lowest BCUT2D eigenvalue weighted by Gasteiger charge is -2.30. The third-order valence-corrected chi connectivity index (χ3v) is 7.53. The molecule has 0 bridgehead atoms. The summed E-state index contributed by atoms with van der Waals surface area (Å²) in [6.45, 7) is 5.24. The summed E-state index contributed by atoms with van der Waals surface area (Å²) in [6, 6.07) is 9.59. The standard InChI is InChI=1S/C25H32Cl2FN3O4S/c1-5-17(2)29-25(33)18(3)30(16-19-9-6-7-10-22(19)28)24(32)11-8-14-31(36(4,34)35)23-15-20(26)12-13-21(23)27/h6-7,9-10,12-13,15,17-18H,5,8,11,14,16H2,1-4H3,(H,29,33)/t17-,18-/m1/s1. The highest BCUT2D eigenvalue weighted by molar-refractivity contribution is 7.92. The van der Waals surface area contributed by atoms with Gasteiger partial charge in [0.1, 0.15) is 11.9 Å². The molecule has 7 nitrogen and oxygen atoms in total. The number of halogens is 3. The molecule has 1 N–H and O–H groups in total. The van der Waals surface area contributed by atoms with Crippen molar-refractivity contribution in [1.82, 2.24) is 10.2 Å². The Hall–Kier alpha value is -2.36. The minimum absolute atomic E-state index is 0.0361. The first kappa shape index (κ1) is 29.9. The van der Waals surface area contributed by atoms with Crippen molar-refractivity contribution in [1.29, 1.82) is 0 Å². The van der Waals surface area contributed by atoms with Crippen molar-refractivity contribution in [3.63, 3.8) is 0 Å². The van der Waals surface area contributed by atoms with Gasteiger partial charge in [0.25, 0.3) is 0 Å². The molecule has 0 aliphatic carbocycles. The molecule has 0 radical (unpaired) electrons. The van der Waals surface area contributed by atoms with E-state index in [2.05, 4.69) is 5.32 Å². The van der Waals surface area contributed by atoms with Gasteiger partial charge in [-0.25, -0.2) is 12.8 Å². The lowest BCUT2D eigenvalue weighted by Crippen LogP contribution is -2.49. The van der Waals surface area contributed by atoms with Crippen molar-refractivity contribution in [2.24, 2.45) is 0 Å². The quantitative estimate of drug-likeness (QED) is 0.396. The molecule has 0 fully saturated rings. The predicted molar refractivity (Wildman–Crippen MR) is 142 cm³/mol. The van der Waals surface area contributed by atoms with Crippen molar-refractivity contribution in [3.8, 4) is 0 Å². The predicted octanol–water partition coefficient (Wildman–Crippen LogP) is 5.01. The smallest absolute Gasteiger partial charge is 0.242 e. The Morgan fingerprint density at radius 3 is 2.39 bits per heavy atom. The van der Waals surface area contributed by atoms with Crippen LogP contribution in [0.25, 0.3) is 0 Å². The summed E-state index contributed by atoms with van der Waals surface area (Å²) in [5, 5.41) is 3.37. The van der Waals surface area contributed by atoms with Crippen LogP contribution in [0.15, 0.2) is 42.5 Å². The lowest BCUT2D eigenvalue weighted by molar-refractivity contribution is -0.141. The number of rotatable bonds is 12. The maximum absolute atomic E-state index is 14.4. The van der Waals surface area contributed by atoms with Gasteiger partial charge >= 0.3 is 0 Å². The van der Waals surface area contributed by atoms with Gasteiger partial charge in [-0.05, 0) is 51.0 Å². The second-order valence-corrected chi connectivity index (χ2v) is 11.4. The third kappa shape index (κ3) is 8.35. The zero-order valence-corrected chi connectivity index (χ0v) is 23.1. The van der Waals surface area contributed by atoms with E-state index < -0.39 is 27.8 Å². The van der Waals surface area contributed by atoms with E-state index in [0.29, 0.717) is 11.4 Å². The number of carbonyl (C=O) groups excluding carboxylic acids is 2. The molecule has 2 rings (SSSR count). The average molecular weight is 561 g/mol. The highest BCUT2D eigenvalue weighted by atomic mass is 35.5. The van der Waals surface area contributed by atoms with Crippen molar-refractivity contribution in [3.05, 3.63) is 63.9 Å². The largest absolute Gasteiger partial charge is 0.352 e. The number of hydrogen-bond acceptors (Lipinski definition) is 4. The fourth-order valence-electron chi connectivity index (χ4n) is 3.52. The number of amides is 2. The number of sulfonamides is 1. The van der Waals surface area contributed by atoms with Crippen LogP contribution in [0.4, 0.5) is 10.1 Å². The van der Waals surface area contributed by atoms with Gasteiger partial charge in [-0.2, -0.15) is 0 Å². The molecule has 0 aromatic heterocycles.